The lowest BCUT2D eigenvalue weighted by Gasteiger charge is -2.31. The molecule has 3 N–H and O–H groups in total. The van der Waals surface area contributed by atoms with E-state index in [4.69, 9.17) is 0 Å². The molecular formula is C19H24N4O3. The Morgan fingerprint density at radius 2 is 1.69 bits per heavy atom. The van der Waals surface area contributed by atoms with Crippen molar-refractivity contribution in [3.05, 3.63) is 35.4 Å². The third-order valence-corrected chi connectivity index (χ3v) is 5.66. The Kier molecular flexibility index (Phi) is 4.53. The Morgan fingerprint density at radius 1 is 1.04 bits per heavy atom. The Bertz CT molecular complexity index is 702. The molecule has 1 aromatic rings. The zero-order valence-corrected chi connectivity index (χ0v) is 14.7. The SMILES string of the molecule is O=C1NCC(C(=O)NC2CCC(C(=O)N3Cc4ccccc4C3)CC2)N1. The molecule has 1 saturated carbocycles. The van der Waals surface area contributed by atoms with E-state index in [1.807, 2.05) is 17.0 Å². The Labute approximate surface area is 152 Å². The fraction of sp³-hybridized carbons (Fsp3) is 0.526. The smallest absolute Gasteiger partial charge is 0.315 e. The van der Waals surface area contributed by atoms with Crippen LogP contribution in [0.5, 0.6) is 0 Å². The lowest BCUT2D eigenvalue weighted by molar-refractivity contribution is -0.137. The number of carbonyl (C=O) groups excluding carboxylic acids is 3. The average Bonchev–Trinajstić information content (AvgIpc) is 3.28. The number of fused-ring (bicyclic) bond motifs is 1. The number of nitrogens with one attached hydrogen (secondary N) is 3. The first-order chi connectivity index (χ1) is 12.6. The van der Waals surface area contributed by atoms with Gasteiger partial charge in [-0.3, -0.25) is 9.59 Å². The van der Waals surface area contributed by atoms with Crippen molar-refractivity contribution in [3.63, 3.8) is 0 Å². The molecule has 4 rings (SSSR count). The van der Waals surface area contributed by atoms with Gasteiger partial charge in [0.1, 0.15) is 6.04 Å². The fourth-order valence-electron chi connectivity index (χ4n) is 4.15. The van der Waals surface area contributed by atoms with Gasteiger partial charge in [-0.05, 0) is 36.8 Å². The predicted octanol–water partition coefficient (Wildman–Crippen LogP) is 0.885. The number of benzene rings is 1. The second-order valence-electron chi connectivity index (χ2n) is 7.43. The molecule has 1 aliphatic carbocycles. The molecule has 138 valence electrons. The predicted molar refractivity (Wildman–Crippen MR) is 94.9 cm³/mol. The number of amides is 4. The standard InChI is InChI=1S/C19H24N4O3/c24-17(16-9-20-19(26)22-16)21-15-7-5-12(6-8-15)18(25)23-10-13-3-1-2-4-14(13)11-23/h1-4,12,15-16H,5-11H2,(H,21,24)(H2,20,22,26). The van der Waals surface area contributed by atoms with Crippen LogP contribution in [0.25, 0.3) is 0 Å². The van der Waals surface area contributed by atoms with Crippen molar-refractivity contribution in [2.45, 2.75) is 50.9 Å². The van der Waals surface area contributed by atoms with E-state index in [9.17, 15) is 14.4 Å². The minimum Gasteiger partial charge on any atom is -0.352 e. The molecule has 7 nitrogen and oxygen atoms in total. The van der Waals surface area contributed by atoms with Crippen LogP contribution in [0.2, 0.25) is 0 Å². The van der Waals surface area contributed by atoms with Crippen molar-refractivity contribution in [2.24, 2.45) is 5.92 Å². The summed E-state index contributed by atoms with van der Waals surface area (Å²) < 4.78 is 0. The summed E-state index contributed by atoms with van der Waals surface area (Å²) in [7, 11) is 0. The van der Waals surface area contributed by atoms with Crippen molar-refractivity contribution >= 4 is 17.8 Å². The minimum atomic E-state index is -0.495. The van der Waals surface area contributed by atoms with Crippen LogP contribution in [-0.4, -0.2) is 41.4 Å². The van der Waals surface area contributed by atoms with Crippen molar-refractivity contribution in [1.29, 1.82) is 0 Å². The van der Waals surface area contributed by atoms with Crippen LogP contribution in [0.3, 0.4) is 0 Å². The maximum Gasteiger partial charge on any atom is 0.315 e. The summed E-state index contributed by atoms with van der Waals surface area (Å²) in [5.41, 5.74) is 2.49. The highest BCUT2D eigenvalue weighted by atomic mass is 16.2. The first-order valence-electron chi connectivity index (χ1n) is 9.30. The zero-order chi connectivity index (χ0) is 18.1. The van der Waals surface area contributed by atoms with E-state index in [1.165, 1.54) is 11.1 Å². The van der Waals surface area contributed by atoms with E-state index in [-0.39, 0.29) is 29.8 Å². The minimum absolute atomic E-state index is 0.0466. The van der Waals surface area contributed by atoms with Crippen LogP contribution in [0.1, 0.15) is 36.8 Å². The summed E-state index contributed by atoms with van der Waals surface area (Å²) in [6.07, 6.45) is 3.20. The molecule has 3 aliphatic rings. The normalized spacial score (nSPS) is 27.5. The molecular weight excluding hydrogens is 332 g/mol. The number of rotatable bonds is 3. The fourth-order valence-corrected chi connectivity index (χ4v) is 4.15. The van der Waals surface area contributed by atoms with Gasteiger partial charge in [0.05, 0.1) is 0 Å². The second-order valence-corrected chi connectivity index (χ2v) is 7.43. The van der Waals surface area contributed by atoms with Gasteiger partial charge in [-0.1, -0.05) is 24.3 Å². The first-order valence-corrected chi connectivity index (χ1v) is 9.30. The molecule has 1 saturated heterocycles. The van der Waals surface area contributed by atoms with Crippen LogP contribution < -0.4 is 16.0 Å². The van der Waals surface area contributed by atoms with E-state index < -0.39 is 6.04 Å². The summed E-state index contributed by atoms with van der Waals surface area (Å²) in [4.78, 5) is 38.1. The van der Waals surface area contributed by atoms with Crippen LogP contribution in [0, 0.1) is 5.92 Å². The Morgan fingerprint density at radius 3 is 2.27 bits per heavy atom. The van der Waals surface area contributed by atoms with E-state index in [2.05, 4.69) is 28.1 Å². The van der Waals surface area contributed by atoms with Gasteiger partial charge in [-0.2, -0.15) is 0 Å². The van der Waals surface area contributed by atoms with Gasteiger partial charge in [-0.25, -0.2) is 4.79 Å². The van der Waals surface area contributed by atoms with Crippen LogP contribution in [0.4, 0.5) is 4.79 Å². The molecule has 1 atom stereocenters. The largest absolute Gasteiger partial charge is 0.352 e. The van der Waals surface area contributed by atoms with Gasteiger partial charge in [0.15, 0.2) is 0 Å². The number of nitrogens with zero attached hydrogens (tertiary/aromatic N) is 1. The monoisotopic (exact) mass is 356 g/mol. The molecule has 2 aliphatic heterocycles. The summed E-state index contributed by atoms with van der Waals surface area (Å²) in [5.74, 6) is 0.136. The molecule has 2 heterocycles. The second kappa shape index (κ2) is 6.97. The zero-order valence-electron chi connectivity index (χ0n) is 14.7. The quantitative estimate of drug-likeness (QED) is 0.751. The number of carbonyl (C=O) groups is 3. The van der Waals surface area contributed by atoms with E-state index in [0.717, 1.165) is 25.7 Å². The maximum absolute atomic E-state index is 12.8. The van der Waals surface area contributed by atoms with Gasteiger partial charge in [0.2, 0.25) is 11.8 Å². The molecule has 2 fully saturated rings. The van der Waals surface area contributed by atoms with Crippen LogP contribution >= 0.6 is 0 Å². The molecule has 0 spiro atoms. The van der Waals surface area contributed by atoms with Crippen molar-refractivity contribution < 1.29 is 14.4 Å². The molecule has 4 amide bonds. The Hall–Kier alpha value is -2.57. The molecule has 0 radical (unpaired) electrons. The van der Waals surface area contributed by atoms with Gasteiger partial charge in [0, 0.05) is 31.6 Å². The maximum atomic E-state index is 12.8. The third kappa shape index (κ3) is 3.38. The highest BCUT2D eigenvalue weighted by Gasteiger charge is 2.34. The summed E-state index contributed by atoms with van der Waals surface area (Å²) in [6.45, 7) is 1.74. The Balaban J connectivity index is 1.25. The van der Waals surface area contributed by atoms with Gasteiger partial charge >= 0.3 is 6.03 Å². The summed E-state index contributed by atoms with van der Waals surface area (Å²) in [6, 6.07) is 7.50. The lowest BCUT2D eigenvalue weighted by atomic mass is 9.85. The van der Waals surface area contributed by atoms with E-state index in [1.54, 1.807) is 0 Å². The molecule has 1 aromatic carbocycles. The van der Waals surface area contributed by atoms with Gasteiger partial charge in [0.25, 0.3) is 0 Å². The molecule has 7 heteroatoms. The number of urea groups is 1. The van der Waals surface area contributed by atoms with Crippen molar-refractivity contribution in [2.75, 3.05) is 6.54 Å². The highest BCUT2D eigenvalue weighted by Crippen LogP contribution is 2.30. The molecule has 1 unspecified atom stereocenters. The average molecular weight is 356 g/mol. The lowest BCUT2D eigenvalue weighted by Crippen LogP contribution is -2.48. The first kappa shape index (κ1) is 16.9. The van der Waals surface area contributed by atoms with Crippen LogP contribution in [0.15, 0.2) is 24.3 Å². The van der Waals surface area contributed by atoms with Gasteiger partial charge in [-0.15, -0.1) is 0 Å². The van der Waals surface area contributed by atoms with Crippen LogP contribution in [-0.2, 0) is 22.7 Å². The van der Waals surface area contributed by atoms with E-state index >= 15 is 0 Å². The molecule has 0 bridgehead atoms. The van der Waals surface area contributed by atoms with Crippen molar-refractivity contribution in [1.82, 2.24) is 20.9 Å². The molecule has 26 heavy (non-hydrogen) atoms. The van der Waals surface area contributed by atoms with E-state index in [0.29, 0.717) is 19.6 Å². The molecule has 0 aromatic heterocycles. The summed E-state index contributed by atoms with van der Waals surface area (Å²) in [5, 5.41) is 8.19. The topological polar surface area (TPSA) is 90.5 Å². The number of hydrogen-bond donors (Lipinski definition) is 3. The highest BCUT2D eigenvalue weighted by molar-refractivity contribution is 5.90. The summed E-state index contributed by atoms with van der Waals surface area (Å²) >= 11 is 0. The number of hydrogen-bond acceptors (Lipinski definition) is 3. The van der Waals surface area contributed by atoms with Gasteiger partial charge < -0.3 is 20.9 Å². The van der Waals surface area contributed by atoms with Crippen molar-refractivity contribution in [3.8, 4) is 0 Å². The third-order valence-electron chi connectivity index (χ3n) is 5.66.